The van der Waals surface area contributed by atoms with Gasteiger partial charge in [0.25, 0.3) is 0 Å². The van der Waals surface area contributed by atoms with Crippen LogP contribution < -0.4 is 0 Å². The Morgan fingerprint density at radius 1 is 0.480 bits per heavy atom. The Morgan fingerprint density at radius 2 is 0.920 bits per heavy atom. The zero-order valence-electron chi connectivity index (χ0n) is 13.8. The standard InChI is InChI=1S/C23H16F2/c1-15-2-4-16(5-3-15)17-6-8-18(9-7-17)19-10-11-20-13-22(24)23(25)14-21(20)12-19/h2-14H,1H3. The number of hydrogen-bond acceptors (Lipinski definition) is 0. The van der Waals surface area contributed by atoms with Crippen LogP contribution in [0.3, 0.4) is 0 Å². The zero-order valence-corrected chi connectivity index (χ0v) is 13.8. The van der Waals surface area contributed by atoms with Crippen molar-refractivity contribution in [2.75, 3.05) is 0 Å². The van der Waals surface area contributed by atoms with E-state index in [1.807, 2.05) is 18.2 Å². The maximum atomic E-state index is 13.5. The van der Waals surface area contributed by atoms with Crippen LogP contribution in [0.1, 0.15) is 5.56 Å². The summed E-state index contributed by atoms with van der Waals surface area (Å²) in [5.41, 5.74) is 5.59. The van der Waals surface area contributed by atoms with Crippen LogP contribution in [0.4, 0.5) is 8.78 Å². The quantitative estimate of drug-likeness (QED) is 0.381. The molecule has 25 heavy (non-hydrogen) atoms. The van der Waals surface area contributed by atoms with Gasteiger partial charge in [0.15, 0.2) is 11.6 Å². The molecule has 0 heterocycles. The number of halogens is 2. The lowest BCUT2D eigenvalue weighted by Gasteiger charge is -2.07. The molecule has 0 saturated carbocycles. The highest BCUT2D eigenvalue weighted by molar-refractivity contribution is 5.87. The Bertz CT molecular complexity index is 1050. The molecule has 0 spiro atoms. The van der Waals surface area contributed by atoms with Crippen LogP contribution in [0, 0.1) is 18.6 Å². The van der Waals surface area contributed by atoms with E-state index >= 15 is 0 Å². The average molecular weight is 330 g/mol. The van der Waals surface area contributed by atoms with Crippen molar-refractivity contribution in [2.45, 2.75) is 6.92 Å². The predicted octanol–water partition coefficient (Wildman–Crippen LogP) is 6.76. The molecule has 0 radical (unpaired) electrons. The van der Waals surface area contributed by atoms with E-state index in [0.29, 0.717) is 10.8 Å². The van der Waals surface area contributed by atoms with E-state index in [4.69, 9.17) is 0 Å². The molecule has 0 fully saturated rings. The Labute approximate surface area is 145 Å². The minimum absolute atomic E-state index is 0.693. The molecule has 122 valence electrons. The van der Waals surface area contributed by atoms with Crippen LogP contribution in [0.15, 0.2) is 78.9 Å². The fourth-order valence-electron chi connectivity index (χ4n) is 3.02. The number of rotatable bonds is 2. The first-order chi connectivity index (χ1) is 12.1. The van der Waals surface area contributed by atoms with E-state index in [2.05, 4.69) is 55.5 Å². The normalized spacial score (nSPS) is 11.0. The summed E-state index contributed by atoms with van der Waals surface area (Å²) in [6, 6.07) is 24.8. The number of hydrogen-bond donors (Lipinski definition) is 0. The largest absolute Gasteiger partial charge is 0.204 e. The van der Waals surface area contributed by atoms with Crippen LogP contribution in [-0.2, 0) is 0 Å². The fourth-order valence-corrected chi connectivity index (χ4v) is 3.02. The maximum absolute atomic E-state index is 13.5. The van der Waals surface area contributed by atoms with Crippen molar-refractivity contribution in [3.8, 4) is 22.3 Å². The molecular formula is C23H16F2. The molecule has 4 aromatic carbocycles. The SMILES string of the molecule is Cc1ccc(-c2ccc(-c3ccc4cc(F)c(F)cc4c3)cc2)cc1. The molecule has 0 saturated heterocycles. The van der Waals surface area contributed by atoms with Crippen molar-refractivity contribution in [3.63, 3.8) is 0 Å². The lowest BCUT2D eigenvalue weighted by molar-refractivity contribution is 0.511. The monoisotopic (exact) mass is 330 g/mol. The second-order valence-corrected chi connectivity index (χ2v) is 6.27. The van der Waals surface area contributed by atoms with Crippen molar-refractivity contribution in [2.24, 2.45) is 0 Å². The topological polar surface area (TPSA) is 0 Å². The summed E-state index contributed by atoms with van der Waals surface area (Å²) in [6.45, 7) is 2.07. The van der Waals surface area contributed by atoms with Crippen LogP contribution >= 0.6 is 0 Å². The molecular weight excluding hydrogens is 314 g/mol. The van der Waals surface area contributed by atoms with Gasteiger partial charge in [0.05, 0.1) is 0 Å². The molecule has 0 amide bonds. The molecule has 2 heteroatoms. The summed E-state index contributed by atoms with van der Waals surface area (Å²) in [5, 5.41) is 1.39. The highest BCUT2D eigenvalue weighted by Crippen LogP contribution is 2.28. The van der Waals surface area contributed by atoms with Gasteiger partial charge in [-0.3, -0.25) is 0 Å². The first-order valence-electron chi connectivity index (χ1n) is 8.16. The second-order valence-electron chi connectivity index (χ2n) is 6.27. The van der Waals surface area contributed by atoms with Crippen molar-refractivity contribution in [1.82, 2.24) is 0 Å². The molecule has 0 aromatic heterocycles. The lowest BCUT2D eigenvalue weighted by atomic mass is 9.98. The molecule has 4 rings (SSSR count). The molecule has 0 aliphatic rings. The van der Waals surface area contributed by atoms with Crippen LogP contribution in [0.5, 0.6) is 0 Å². The third-order valence-electron chi connectivity index (χ3n) is 4.48. The first-order valence-corrected chi connectivity index (χ1v) is 8.16. The summed E-state index contributed by atoms with van der Waals surface area (Å²) in [4.78, 5) is 0. The van der Waals surface area contributed by atoms with E-state index in [1.165, 1.54) is 23.3 Å². The van der Waals surface area contributed by atoms with E-state index in [-0.39, 0.29) is 0 Å². The highest BCUT2D eigenvalue weighted by Gasteiger charge is 2.06. The Balaban J connectivity index is 1.71. The Hall–Kier alpha value is -3.00. The van der Waals surface area contributed by atoms with E-state index in [9.17, 15) is 8.78 Å². The predicted molar refractivity (Wildman–Crippen MR) is 99.5 cm³/mol. The van der Waals surface area contributed by atoms with Gasteiger partial charge < -0.3 is 0 Å². The second kappa shape index (κ2) is 6.14. The Kier molecular flexibility index (Phi) is 3.81. The number of fused-ring (bicyclic) bond motifs is 1. The summed E-state index contributed by atoms with van der Waals surface area (Å²) in [5.74, 6) is -1.64. The summed E-state index contributed by atoms with van der Waals surface area (Å²) in [6.07, 6.45) is 0. The van der Waals surface area contributed by atoms with Gasteiger partial charge in [-0.25, -0.2) is 8.78 Å². The molecule has 0 aliphatic heterocycles. The van der Waals surface area contributed by atoms with Crippen molar-refractivity contribution in [3.05, 3.63) is 96.1 Å². The zero-order chi connectivity index (χ0) is 17.4. The van der Waals surface area contributed by atoms with E-state index in [1.54, 1.807) is 0 Å². The van der Waals surface area contributed by atoms with Crippen molar-refractivity contribution >= 4 is 10.8 Å². The third-order valence-corrected chi connectivity index (χ3v) is 4.48. The molecule has 0 N–H and O–H groups in total. The molecule has 0 atom stereocenters. The van der Waals surface area contributed by atoms with Crippen molar-refractivity contribution in [1.29, 1.82) is 0 Å². The van der Waals surface area contributed by atoms with Gasteiger partial charge in [0.2, 0.25) is 0 Å². The maximum Gasteiger partial charge on any atom is 0.159 e. The molecule has 0 aliphatic carbocycles. The average Bonchev–Trinajstić information content (AvgIpc) is 2.63. The van der Waals surface area contributed by atoms with E-state index in [0.717, 1.165) is 16.7 Å². The van der Waals surface area contributed by atoms with Crippen LogP contribution in [0.25, 0.3) is 33.0 Å². The molecule has 0 unspecified atom stereocenters. The Morgan fingerprint density at radius 3 is 1.52 bits per heavy atom. The van der Waals surface area contributed by atoms with Crippen LogP contribution in [0.2, 0.25) is 0 Å². The smallest absolute Gasteiger partial charge is 0.159 e. The number of aryl methyl sites for hydroxylation is 1. The minimum atomic E-state index is -0.820. The van der Waals surface area contributed by atoms with Crippen LogP contribution in [-0.4, -0.2) is 0 Å². The van der Waals surface area contributed by atoms with Gasteiger partial charge in [-0.2, -0.15) is 0 Å². The highest BCUT2D eigenvalue weighted by atomic mass is 19.2. The van der Waals surface area contributed by atoms with E-state index < -0.39 is 11.6 Å². The summed E-state index contributed by atoms with van der Waals surface area (Å²) >= 11 is 0. The number of benzene rings is 4. The minimum Gasteiger partial charge on any atom is -0.204 e. The molecule has 0 nitrogen and oxygen atoms in total. The first kappa shape index (κ1) is 15.5. The van der Waals surface area contributed by atoms with Gasteiger partial charge in [-0.05, 0) is 58.1 Å². The van der Waals surface area contributed by atoms with Gasteiger partial charge in [0, 0.05) is 0 Å². The van der Waals surface area contributed by atoms with Gasteiger partial charge >= 0.3 is 0 Å². The van der Waals surface area contributed by atoms with Crippen molar-refractivity contribution < 1.29 is 8.78 Å². The third kappa shape index (κ3) is 3.03. The lowest BCUT2D eigenvalue weighted by Crippen LogP contribution is -1.86. The van der Waals surface area contributed by atoms with Gasteiger partial charge in [-0.1, -0.05) is 66.2 Å². The molecule has 4 aromatic rings. The molecule has 0 bridgehead atoms. The fraction of sp³-hybridized carbons (Fsp3) is 0.0435. The summed E-state index contributed by atoms with van der Waals surface area (Å²) < 4.78 is 26.8. The van der Waals surface area contributed by atoms with Gasteiger partial charge in [0.1, 0.15) is 0 Å². The summed E-state index contributed by atoms with van der Waals surface area (Å²) in [7, 11) is 0. The van der Waals surface area contributed by atoms with Gasteiger partial charge in [-0.15, -0.1) is 0 Å².